The smallest absolute Gasteiger partial charge is 0.164 e. The molecule has 0 saturated heterocycles. The molecule has 1 aliphatic carbocycles. The van der Waals surface area contributed by atoms with Crippen molar-refractivity contribution in [1.29, 1.82) is 0 Å². The van der Waals surface area contributed by atoms with Crippen molar-refractivity contribution in [3.05, 3.63) is 188 Å². The van der Waals surface area contributed by atoms with Gasteiger partial charge in [-0.25, -0.2) is 15.0 Å². The van der Waals surface area contributed by atoms with E-state index in [4.69, 9.17) is 23.8 Å². The lowest BCUT2D eigenvalue weighted by atomic mass is 9.99. The third-order valence-corrected chi connectivity index (χ3v) is 10.4. The Kier molecular flexibility index (Phi) is 8.11. The summed E-state index contributed by atoms with van der Waals surface area (Å²) in [5, 5.41) is 6.54. The Labute approximate surface area is 318 Å². The quantitative estimate of drug-likeness (QED) is 0.147. The normalized spacial score (nSPS) is 13.5. The number of benzene rings is 6. The molecule has 262 valence electrons. The molecule has 5 nitrogen and oxygen atoms in total. The van der Waals surface area contributed by atoms with Gasteiger partial charge in [0, 0.05) is 44.7 Å². The molecule has 0 unspecified atom stereocenters. The highest BCUT2D eigenvalue weighted by Gasteiger charge is 2.19. The van der Waals surface area contributed by atoms with Crippen molar-refractivity contribution < 1.29 is 8.83 Å². The third-order valence-electron chi connectivity index (χ3n) is 10.4. The maximum absolute atomic E-state index is 6.58. The van der Waals surface area contributed by atoms with Crippen molar-refractivity contribution in [3.8, 4) is 22.5 Å². The largest absolute Gasteiger partial charge is 0.456 e. The first-order valence-corrected chi connectivity index (χ1v) is 18.7. The van der Waals surface area contributed by atoms with Crippen LogP contribution in [0.25, 0.3) is 88.3 Å². The molecule has 55 heavy (non-hydrogen) atoms. The second kappa shape index (κ2) is 13.7. The first-order valence-electron chi connectivity index (χ1n) is 18.7. The van der Waals surface area contributed by atoms with Gasteiger partial charge in [-0.3, -0.25) is 0 Å². The summed E-state index contributed by atoms with van der Waals surface area (Å²) in [5.74, 6) is 1.99. The van der Waals surface area contributed by atoms with E-state index in [9.17, 15) is 0 Å². The Morgan fingerprint density at radius 1 is 0.655 bits per heavy atom. The molecule has 0 fully saturated rings. The predicted octanol–water partition coefficient (Wildman–Crippen LogP) is 13.3. The van der Waals surface area contributed by atoms with Crippen LogP contribution in [-0.2, 0) is 6.42 Å². The van der Waals surface area contributed by atoms with Crippen molar-refractivity contribution in [2.45, 2.75) is 19.3 Å². The van der Waals surface area contributed by atoms with Crippen LogP contribution in [0.3, 0.4) is 0 Å². The molecule has 3 aromatic heterocycles. The number of allylic oxidation sites excluding steroid dienone is 9. The molecule has 0 saturated carbocycles. The van der Waals surface area contributed by atoms with Crippen LogP contribution < -0.4 is 0 Å². The molecule has 0 atom stereocenters. The van der Waals surface area contributed by atoms with Crippen LogP contribution in [0.1, 0.15) is 30.1 Å². The van der Waals surface area contributed by atoms with E-state index in [1.807, 2.05) is 42.5 Å². The minimum atomic E-state index is 0.537. The maximum atomic E-state index is 6.58. The van der Waals surface area contributed by atoms with E-state index in [0.717, 1.165) is 95.5 Å². The summed E-state index contributed by atoms with van der Waals surface area (Å²) in [7, 11) is 0. The molecule has 0 amide bonds. The fourth-order valence-corrected chi connectivity index (χ4v) is 7.73. The summed E-state index contributed by atoms with van der Waals surface area (Å²) in [4.78, 5) is 15.1. The Hall–Kier alpha value is -7.11. The number of para-hydroxylation sites is 1. The summed E-state index contributed by atoms with van der Waals surface area (Å²) in [6, 6.07) is 41.9. The van der Waals surface area contributed by atoms with Gasteiger partial charge in [0.1, 0.15) is 28.2 Å². The third kappa shape index (κ3) is 5.96. The second-order valence-electron chi connectivity index (χ2n) is 13.8. The van der Waals surface area contributed by atoms with Crippen molar-refractivity contribution in [1.82, 2.24) is 15.0 Å². The monoisotopic (exact) mass is 709 g/mol. The van der Waals surface area contributed by atoms with Gasteiger partial charge in [0.25, 0.3) is 0 Å². The standard InChI is InChI=1S/C50H35N3O2/c1-2-14-32(33-15-5-3-6-16-33)21-11-26-46-51-49(34-17-7-4-8-18-34)53-50(52-46)41-24-13-25-43-47(41)40-28-27-37(31-44(40)54-43)38-22-12-23-39-42-29-35-19-9-10-20-36(35)30-45(42)55-48(38)39/h2-3,5-7,9-25,27-31H,1,4,8,26H2/b21-11-,32-14+. The Morgan fingerprint density at radius 3 is 2.31 bits per heavy atom. The van der Waals surface area contributed by atoms with Gasteiger partial charge < -0.3 is 8.83 Å². The molecule has 6 aromatic carbocycles. The summed E-state index contributed by atoms with van der Waals surface area (Å²) in [6.45, 7) is 3.92. The molecular weight excluding hydrogens is 675 g/mol. The fourth-order valence-electron chi connectivity index (χ4n) is 7.73. The molecule has 0 radical (unpaired) electrons. The first kappa shape index (κ1) is 32.5. The highest BCUT2D eigenvalue weighted by molar-refractivity contribution is 6.15. The van der Waals surface area contributed by atoms with E-state index in [1.165, 1.54) is 5.39 Å². The van der Waals surface area contributed by atoms with Crippen LogP contribution in [0.15, 0.2) is 179 Å². The molecule has 0 spiro atoms. The number of aromatic nitrogens is 3. The number of furan rings is 2. The van der Waals surface area contributed by atoms with Gasteiger partial charge in [-0.15, -0.1) is 0 Å². The maximum Gasteiger partial charge on any atom is 0.164 e. The van der Waals surface area contributed by atoms with Crippen LogP contribution in [0, 0.1) is 0 Å². The van der Waals surface area contributed by atoms with Crippen molar-refractivity contribution >= 4 is 65.8 Å². The van der Waals surface area contributed by atoms with E-state index in [0.29, 0.717) is 23.9 Å². The second-order valence-corrected chi connectivity index (χ2v) is 13.8. The SMILES string of the molecule is C=C/C=C(\C=C/Cc1nc(C2=CCCC=C2)nc(-c2cccc3oc4cc(-c5cccc6c5oc5cc7ccccc7cc56)ccc4c23)n1)c1ccccc1. The van der Waals surface area contributed by atoms with E-state index < -0.39 is 0 Å². The van der Waals surface area contributed by atoms with Crippen molar-refractivity contribution in [3.63, 3.8) is 0 Å². The number of hydrogen-bond acceptors (Lipinski definition) is 5. The number of hydrogen-bond donors (Lipinski definition) is 0. The number of rotatable bonds is 8. The molecule has 9 aromatic rings. The lowest BCUT2D eigenvalue weighted by molar-refractivity contribution is 0.668. The summed E-state index contributed by atoms with van der Waals surface area (Å²) in [6.07, 6.45) is 17.1. The number of nitrogens with zero attached hydrogens (tertiary/aromatic N) is 3. The molecule has 0 bridgehead atoms. The van der Waals surface area contributed by atoms with Gasteiger partial charge in [0.05, 0.1) is 0 Å². The topological polar surface area (TPSA) is 65.0 Å². The Balaban J connectivity index is 1.06. The fraction of sp³-hybridized carbons (Fsp3) is 0.0600. The summed E-state index contributed by atoms with van der Waals surface area (Å²) < 4.78 is 13.2. The molecular formula is C50H35N3O2. The van der Waals surface area contributed by atoms with Crippen LogP contribution >= 0.6 is 0 Å². The molecule has 0 N–H and O–H groups in total. The minimum Gasteiger partial charge on any atom is -0.456 e. The van der Waals surface area contributed by atoms with Gasteiger partial charge in [0.2, 0.25) is 0 Å². The zero-order chi connectivity index (χ0) is 36.7. The van der Waals surface area contributed by atoms with Crippen LogP contribution in [-0.4, -0.2) is 15.0 Å². The lowest BCUT2D eigenvalue weighted by Crippen LogP contribution is -2.05. The van der Waals surface area contributed by atoms with Crippen LogP contribution in [0.4, 0.5) is 0 Å². The predicted molar refractivity (Wildman–Crippen MR) is 227 cm³/mol. The van der Waals surface area contributed by atoms with E-state index in [-0.39, 0.29) is 0 Å². The van der Waals surface area contributed by atoms with E-state index >= 15 is 0 Å². The first-order chi connectivity index (χ1) is 27.2. The van der Waals surface area contributed by atoms with Gasteiger partial charge in [-0.05, 0) is 70.6 Å². The summed E-state index contributed by atoms with van der Waals surface area (Å²) >= 11 is 0. The average molecular weight is 710 g/mol. The average Bonchev–Trinajstić information content (AvgIpc) is 3.80. The highest BCUT2D eigenvalue weighted by atomic mass is 16.3. The molecule has 3 heterocycles. The Bertz CT molecular complexity index is 3080. The van der Waals surface area contributed by atoms with Crippen LogP contribution in [0.5, 0.6) is 0 Å². The van der Waals surface area contributed by atoms with Gasteiger partial charge >= 0.3 is 0 Å². The minimum absolute atomic E-state index is 0.537. The zero-order valence-electron chi connectivity index (χ0n) is 30.1. The molecule has 5 heteroatoms. The number of fused-ring (bicyclic) bond motifs is 7. The molecule has 10 rings (SSSR count). The molecule has 1 aliphatic rings. The van der Waals surface area contributed by atoms with Crippen LogP contribution in [0.2, 0.25) is 0 Å². The van der Waals surface area contributed by atoms with Gasteiger partial charge in [-0.1, -0.05) is 140 Å². The zero-order valence-corrected chi connectivity index (χ0v) is 30.1. The van der Waals surface area contributed by atoms with Gasteiger partial charge in [-0.2, -0.15) is 0 Å². The highest BCUT2D eigenvalue weighted by Crippen LogP contribution is 2.41. The van der Waals surface area contributed by atoms with Crippen molar-refractivity contribution in [2.24, 2.45) is 0 Å². The van der Waals surface area contributed by atoms with Gasteiger partial charge in [0.15, 0.2) is 11.6 Å². The Morgan fingerprint density at radius 2 is 1.45 bits per heavy atom. The van der Waals surface area contributed by atoms with E-state index in [2.05, 4.69) is 128 Å². The summed E-state index contributed by atoms with van der Waals surface area (Å²) in [5.41, 5.74) is 9.47. The van der Waals surface area contributed by atoms with E-state index in [1.54, 1.807) is 0 Å². The van der Waals surface area contributed by atoms with Crippen molar-refractivity contribution in [2.75, 3.05) is 0 Å². The molecule has 0 aliphatic heterocycles. The lowest BCUT2D eigenvalue weighted by Gasteiger charge is -2.10.